The Kier molecular flexibility index (Phi) is 6.71. The van der Waals surface area contributed by atoms with E-state index in [2.05, 4.69) is 11.9 Å². The number of nitro groups is 1. The first-order valence-electron chi connectivity index (χ1n) is 8.53. The summed E-state index contributed by atoms with van der Waals surface area (Å²) in [5.74, 6) is -1.12. The Labute approximate surface area is 151 Å². The molecular weight excluding hydrogens is 338 g/mol. The Balaban J connectivity index is 1.97. The van der Waals surface area contributed by atoms with Crippen molar-refractivity contribution in [2.75, 3.05) is 6.54 Å². The smallest absolute Gasteiger partial charge is 0.318 e. The first kappa shape index (κ1) is 19.4. The van der Waals surface area contributed by atoms with Gasteiger partial charge in [0.05, 0.1) is 10.8 Å². The summed E-state index contributed by atoms with van der Waals surface area (Å²) in [7, 11) is 0. The highest BCUT2D eigenvalue weighted by atomic mass is 16.6. The minimum Gasteiger partial charge on any atom is -0.481 e. The largest absolute Gasteiger partial charge is 0.481 e. The summed E-state index contributed by atoms with van der Waals surface area (Å²) < 4.78 is 0. The number of carbonyl (C=O) groups excluding carboxylic acids is 1. The van der Waals surface area contributed by atoms with E-state index in [-0.39, 0.29) is 30.2 Å². The number of carbonyl (C=O) groups is 2. The highest BCUT2D eigenvalue weighted by molar-refractivity contribution is 5.75. The summed E-state index contributed by atoms with van der Waals surface area (Å²) in [4.78, 5) is 35.5. The van der Waals surface area contributed by atoms with Gasteiger partial charge in [0.1, 0.15) is 0 Å². The van der Waals surface area contributed by atoms with Crippen molar-refractivity contribution in [1.29, 1.82) is 0 Å². The molecule has 0 heterocycles. The predicted molar refractivity (Wildman–Crippen MR) is 95.6 cm³/mol. The summed E-state index contributed by atoms with van der Waals surface area (Å²) in [6, 6.07) is 5.83. The molecule has 0 atom stereocenters. The van der Waals surface area contributed by atoms with Gasteiger partial charge >= 0.3 is 12.0 Å². The number of urea groups is 1. The quantitative estimate of drug-likeness (QED) is 0.440. The summed E-state index contributed by atoms with van der Waals surface area (Å²) in [5.41, 5.74) is 0.638. The SMILES string of the molecule is C=CCN(Cc1cccc([N+](=O)[O-])c1)C(=O)NC1CCC(C(=O)O)CC1. The average Bonchev–Trinajstić information content (AvgIpc) is 2.62. The molecule has 1 aliphatic rings. The number of nitro benzene ring substituents is 1. The molecule has 26 heavy (non-hydrogen) atoms. The van der Waals surface area contributed by atoms with E-state index in [9.17, 15) is 19.7 Å². The highest BCUT2D eigenvalue weighted by Crippen LogP contribution is 2.24. The number of rotatable bonds is 7. The van der Waals surface area contributed by atoms with Crippen LogP contribution >= 0.6 is 0 Å². The highest BCUT2D eigenvalue weighted by Gasteiger charge is 2.27. The topological polar surface area (TPSA) is 113 Å². The van der Waals surface area contributed by atoms with Crippen molar-refractivity contribution in [3.05, 3.63) is 52.6 Å². The Bertz CT molecular complexity index is 683. The van der Waals surface area contributed by atoms with Crippen LogP contribution < -0.4 is 5.32 Å². The third kappa shape index (κ3) is 5.30. The van der Waals surface area contributed by atoms with Gasteiger partial charge in [0.25, 0.3) is 5.69 Å². The lowest BCUT2D eigenvalue weighted by atomic mass is 9.86. The second-order valence-corrected chi connectivity index (χ2v) is 6.43. The third-order valence-corrected chi connectivity index (χ3v) is 4.54. The molecule has 8 nitrogen and oxygen atoms in total. The minimum absolute atomic E-state index is 0.0199. The van der Waals surface area contributed by atoms with E-state index in [0.29, 0.717) is 37.8 Å². The zero-order chi connectivity index (χ0) is 19.1. The van der Waals surface area contributed by atoms with Crippen LogP contribution in [-0.2, 0) is 11.3 Å². The van der Waals surface area contributed by atoms with E-state index in [1.807, 2.05) is 0 Å². The third-order valence-electron chi connectivity index (χ3n) is 4.54. The molecule has 1 saturated carbocycles. The molecule has 2 N–H and O–H groups in total. The van der Waals surface area contributed by atoms with E-state index >= 15 is 0 Å². The van der Waals surface area contributed by atoms with Crippen LogP contribution in [0.4, 0.5) is 10.5 Å². The maximum Gasteiger partial charge on any atom is 0.318 e. The molecule has 0 aliphatic heterocycles. The van der Waals surface area contributed by atoms with Crippen LogP contribution in [-0.4, -0.2) is 39.5 Å². The standard InChI is InChI=1S/C18H23N3O5/c1-2-10-20(12-13-4-3-5-16(11-13)21(25)26)18(24)19-15-8-6-14(7-9-15)17(22)23/h2-5,11,14-15H,1,6-10,12H2,(H,19,24)(H,22,23). The van der Waals surface area contributed by atoms with E-state index in [4.69, 9.17) is 5.11 Å². The molecule has 2 rings (SSSR count). The first-order valence-corrected chi connectivity index (χ1v) is 8.53. The van der Waals surface area contributed by atoms with Crippen LogP contribution in [0, 0.1) is 16.0 Å². The number of hydrogen-bond donors (Lipinski definition) is 2. The van der Waals surface area contributed by atoms with Crippen LogP contribution in [0.2, 0.25) is 0 Å². The summed E-state index contributed by atoms with van der Waals surface area (Å²) >= 11 is 0. The average molecular weight is 361 g/mol. The molecule has 0 spiro atoms. The van der Waals surface area contributed by atoms with Gasteiger partial charge in [-0.2, -0.15) is 0 Å². The number of carboxylic acid groups (broad SMARTS) is 1. The van der Waals surface area contributed by atoms with E-state index in [1.54, 1.807) is 18.2 Å². The van der Waals surface area contributed by atoms with Crippen molar-refractivity contribution in [3.63, 3.8) is 0 Å². The Hall–Kier alpha value is -2.90. The normalized spacial score (nSPS) is 19.4. The van der Waals surface area contributed by atoms with Crippen LogP contribution in [0.3, 0.4) is 0 Å². The summed E-state index contributed by atoms with van der Waals surface area (Å²) in [6.45, 7) is 4.18. The van der Waals surface area contributed by atoms with Crippen molar-refractivity contribution in [2.45, 2.75) is 38.3 Å². The molecule has 0 saturated heterocycles. The number of hydrogen-bond acceptors (Lipinski definition) is 4. The Morgan fingerprint density at radius 3 is 2.62 bits per heavy atom. The summed E-state index contributed by atoms with van der Waals surface area (Å²) in [5, 5.41) is 22.9. The molecule has 2 amide bonds. The lowest BCUT2D eigenvalue weighted by Crippen LogP contribution is -2.46. The Morgan fingerprint density at radius 1 is 1.35 bits per heavy atom. The van der Waals surface area contributed by atoms with Crippen LogP contribution in [0.25, 0.3) is 0 Å². The van der Waals surface area contributed by atoms with Gasteiger partial charge in [-0.15, -0.1) is 6.58 Å². The molecule has 0 unspecified atom stereocenters. The van der Waals surface area contributed by atoms with Gasteiger partial charge in [-0.3, -0.25) is 14.9 Å². The predicted octanol–water partition coefficient (Wildman–Crippen LogP) is 2.94. The maximum absolute atomic E-state index is 12.6. The number of benzene rings is 1. The number of aliphatic carboxylic acids is 1. The lowest BCUT2D eigenvalue weighted by molar-refractivity contribution is -0.384. The van der Waals surface area contributed by atoms with Gasteiger partial charge in [-0.1, -0.05) is 18.2 Å². The molecule has 1 aromatic carbocycles. The number of non-ortho nitro benzene ring substituents is 1. The van der Waals surface area contributed by atoms with Crippen molar-refractivity contribution >= 4 is 17.7 Å². The van der Waals surface area contributed by atoms with Gasteiger partial charge < -0.3 is 15.3 Å². The fraction of sp³-hybridized carbons (Fsp3) is 0.444. The second-order valence-electron chi connectivity index (χ2n) is 6.43. The number of amides is 2. The van der Waals surface area contributed by atoms with Crippen molar-refractivity contribution in [3.8, 4) is 0 Å². The van der Waals surface area contributed by atoms with Gasteiger partial charge in [0, 0.05) is 31.3 Å². The molecule has 0 bridgehead atoms. The van der Waals surface area contributed by atoms with Gasteiger partial charge in [-0.25, -0.2) is 4.79 Å². The van der Waals surface area contributed by atoms with Crippen LogP contribution in [0.1, 0.15) is 31.2 Å². The fourth-order valence-electron chi connectivity index (χ4n) is 3.11. The molecular formula is C18H23N3O5. The fourth-order valence-corrected chi connectivity index (χ4v) is 3.11. The van der Waals surface area contributed by atoms with E-state index in [0.717, 1.165) is 0 Å². The van der Waals surface area contributed by atoms with E-state index in [1.165, 1.54) is 17.0 Å². The van der Waals surface area contributed by atoms with Gasteiger partial charge in [-0.05, 0) is 31.2 Å². The van der Waals surface area contributed by atoms with Gasteiger partial charge in [0.15, 0.2) is 0 Å². The number of nitrogens with one attached hydrogen (secondary N) is 1. The molecule has 0 radical (unpaired) electrons. The van der Waals surface area contributed by atoms with E-state index < -0.39 is 10.9 Å². The van der Waals surface area contributed by atoms with Crippen molar-refractivity contribution < 1.29 is 19.6 Å². The first-order chi connectivity index (χ1) is 12.4. The molecule has 140 valence electrons. The van der Waals surface area contributed by atoms with Gasteiger partial charge in [0.2, 0.25) is 0 Å². The Morgan fingerprint density at radius 2 is 2.04 bits per heavy atom. The minimum atomic E-state index is -0.784. The number of carboxylic acids is 1. The maximum atomic E-state index is 12.6. The zero-order valence-corrected chi connectivity index (χ0v) is 14.5. The zero-order valence-electron chi connectivity index (χ0n) is 14.5. The van der Waals surface area contributed by atoms with Crippen molar-refractivity contribution in [2.24, 2.45) is 5.92 Å². The van der Waals surface area contributed by atoms with Crippen LogP contribution in [0.15, 0.2) is 36.9 Å². The van der Waals surface area contributed by atoms with Crippen LogP contribution in [0.5, 0.6) is 0 Å². The van der Waals surface area contributed by atoms with Crippen molar-refractivity contribution in [1.82, 2.24) is 10.2 Å². The number of nitrogens with zero attached hydrogens (tertiary/aromatic N) is 2. The molecule has 1 aliphatic carbocycles. The monoisotopic (exact) mass is 361 g/mol. The molecule has 8 heteroatoms. The second kappa shape index (κ2) is 8.98. The lowest BCUT2D eigenvalue weighted by Gasteiger charge is -2.30. The molecule has 1 fully saturated rings. The summed E-state index contributed by atoms with van der Waals surface area (Å²) in [6.07, 6.45) is 3.94. The molecule has 0 aromatic heterocycles. The molecule has 1 aromatic rings.